The fourth-order valence-electron chi connectivity index (χ4n) is 3.42. The van der Waals surface area contributed by atoms with Crippen molar-refractivity contribution in [2.75, 3.05) is 26.2 Å². The van der Waals surface area contributed by atoms with Crippen molar-refractivity contribution in [2.45, 2.75) is 46.5 Å². The van der Waals surface area contributed by atoms with E-state index in [2.05, 4.69) is 20.8 Å². The molecule has 0 radical (unpaired) electrons. The van der Waals surface area contributed by atoms with Crippen molar-refractivity contribution in [3.05, 3.63) is 0 Å². The number of amides is 2. The van der Waals surface area contributed by atoms with Gasteiger partial charge in [0.15, 0.2) is 0 Å². The van der Waals surface area contributed by atoms with Crippen LogP contribution in [0.5, 0.6) is 0 Å². The van der Waals surface area contributed by atoms with E-state index in [4.69, 9.17) is 5.11 Å². The standard InChI is InChI=1S/C16H28N2O3/c1-16(2,3)13-6-9-18(11-13)15(21)17-7-4-12(5-8-17)10-14(19)20/h12-13H,4-11H2,1-3H3,(H,19,20). The Bertz CT molecular complexity index is 395. The summed E-state index contributed by atoms with van der Waals surface area (Å²) in [4.78, 5) is 27.2. The van der Waals surface area contributed by atoms with Gasteiger partial charge in [0.2, 0.25) is 0 Å². The van der Waals surface area contributed by atoms with Crippen molar-refractivity contribution in [3.63, 3.8) is 0 Å². The molecule has 5 heteroatoms. The van der Waals surface area contributed by atoms with Crippen molar-refractivity contribution in [2.24, 2.45) is 17.3 Å². The Morgan fingerprint density at radius 2 is 1.62 bits per heavy atom. The lowest BCUT2D eigenvalue weighted by Crippen LogP contribution is -2.46. The van der Waals surface area contributed by atoms with Crippen LogP contribution in [-0.4, -0.2) is 53.1 Å². The molecule has 1 atom stereocenters. The molecule has 2 amide bonds. The largest absolute Gasteiger partial charge is 0.481 e. The number of carboxylic acid groups (broad SMARTS) is 1. The number of piperidine rings is 1. The number of aliphatic carboxylic acids is 1. The molecule has 0 aliphatic carbocycles. The number of carbonyl (C=O) groups is 2. The summed E-state index contributed by atoms with van der Waals surface area (Å²) in [5.74, 6) is 0.0748. The van der Waals surface area contributed by atoms with E-state index < -0.39 is 5.97 Å². The molecule has 2 aliphatic rings. The topological polar surface area (TPSA) is 60.9 Å². The Morgan fingerprint density at radius 1 is 1.05 bits per heavy atom. The predicted molar refractivity (Wildman–Crippen MR) is 81.1 cm³/mol. The van der Waals surface area contributed by atoms with Gasteiger partial charge >= 0.3 is 12.0 Å². The van der Waals surface area contributed by atoms with Gasteiger partial charge in [-0.1, -0.05) is 20.8 Å². The number of urea groups is 1. The van der Waals surface area contributed by atoms with E-state index in [1.807, 2.05) is 9.80 Å². The van der Waals surface area contributed by atoms with Crippen molar-refractivity contribution in [1.29, 1.82) is 0 Å². The first-order valence-corrected chi connectivity index (χ1v) is 8.03. The van der Waals surface area contributed by atoms with Crippen LogP contribution in [0.4, 0.5) is 4.79 Å². The van der Waals surface area contributed by atoms with E-state index in [1.165, 1.54) is 0 Å². The number of likely N-dealkylation sites (tertiary alicyclic amines) is 2. The summed E-state index contributed by atoms with van der Waals surface area (Å²) in [6, 6.07) is 0.149. The van der Waals surface area contributed by atoms with E-state index >= 15 is 0 Å². The van der Waals surface area contributed by atoms with Crippen LogP contribution in [0, 0.1) is 17.3 Å². The van der Waals surface area contributed by atoms with Crippen LogP contribution in [0.25, 0.3) is 0 Å². The predicted octanol–water partition coefficient (Wildman–Crippen LogP) is 2.66. The second-order valence-corrected chi connectivity index (χ2v) is 7.61. The summed E-state index contributed by atoms with van der Waals surface area (Å²) in [7, 11) is 0. The molecule has 0 aromatic carbocycles. The first-order valence-electron chi connectivity index (χ1n) is 8.03. The van der Waals surface area contributed by atoms with E-state index in [1.54, 1.807) is 0 Å². The molecule has 0 saturated carbocycles. The van der Waals surface area contributed by atoms with Gasteiger partial charge < -0.3 is 14.9 Å². The highest BCUT2D eigenvalue weighted by Gasteiger charge is 2.36. The number of hydrogen-bond donors (Lipinski definition) is 1. The van der Waals surface area contributed by atoms with E-state index in [0.717, 1.165) is 32.4 Å². The molecule has 2 rings (SSSR count). The number of rotatable bonds is 2. The van der Waals surface area contributed by atoms with E-state index in [0.29, 0.717) is 19.0 Å². The molecular weight excluding hydrogens is 268 g/mol. The zero-order chi connectivity index (χ0) is 15.6. The molecule has 2 heterocycles. The molecular formula is C16H28N2O3. The van der Waals surface area contributed by atoms with Crippen LogP contribution in [0.3, 0.4) is 0 Å². The summed E-state index contributed by atoms with van der Waals surface area (Å²) in [6.07, 6.45) is 2.95. The minimum Gasteiger partial charge on any atom is -0.481 e. The molecule has 0 aromatic rings. The molecule has 2 aliphatic heterocycles. The number of hydrogen-bond acceptors (Lipinski definition) is 2. The van der Waals surface area contributed by atoms with Gasteiger partial charge in [0.05, 0.1) is 0 Å². The van der Waals surface area contributed by atoms with Crippen LogP contribution in [0.1, 0.15) is 46.5 Å². The van der Waals surface area contributed by atoms with Crippen LogP contribution in [0.2, 0.25) is 0 Å². The molecule has 1 unspecified atom stereocenters. The second-order valence-electron chi connectivity index (χ2n) is 7.61. The van der Waals surface area contributed by atoms with Crippen molar-refractivity contribution >= 4 is 12.0 Å². The molecule has 21 heavy (non-hydrogen) atoms. The van der Waals surface area contributed by atoms with Gasteiger partial charge in [-0.05, 0) is 36.5 Å². The van der Waals surface area contributed by atoms with Gasteiger partial charge in [-0.25, -0.2) is 4.79 Å². The normalized spacial score (nSPS) is 24.4. The molecule has 2 saturated heterocycles. The SMILES string of the molecule is CC(C)(C)C1CCN(C(=O)N2CCC(CC(=O)O)CC2)C1. The lowest BCUT2D eigenvalue weighted by molar-refractivity contribution is -0.138. The molecule has 0 aromatic heterocycles. The Labute approximate surface area is 127 Å². The van der Waals surface area contributed by atoms with Crippen LogP contribution in [0.15, 0.2) is 0 Å². The molecule has 120 valence electrons. The number of nitrogens with zero attached hydrogens (tertiary/aromatic N) is 2. The van der Waals surface area contributed by atoms with Crippen molar-refractivity contribution in [1.82, 2.24) is 9.80 Å². The van der Waals surface area contributed by atoms with Gasteiger partial charge in [0, 0.05) is 32.6 Å². The zero-order valence-corrected chi connectivity index (χ0v) is 13.5. The van der Waals surface area contributed by atoms with Gasteiger partial charge in [0.25, 0.3) is 0 Å². The van der Waals surface area contributed by atoms with Crippen molar-refractivity contribution in [3.8, 4) is 0 Å². The van der Waals surface area contributed by atoms with Gasteiger partial charge in [0.1, 0.15) is 0 Å². The minimum atomic E-state index is -0.729. The van der Waals surface area contributed by atoms with Crippen LogP contribution >= 0.6 is 0 Å². The molecule has 0 spiro atoms. The van der Waals surface area contributed by atoms with Crippen LogP contribution < -0.4 is 0 Å². The fraction of sp³-hybridized carbons (Fsp3) is 0.875. The van der Waals surface area contributed by atoms with Gasteiger partial charge in [-0.3, -0.25) is 4.79 Å². The highest BCUT2D eigenvalue weighted by molar-refractivity contribution is 5.75. The third-order valence-electron chi connectivity index (χ3n) is 5.03. The molecule has 0 bridgehead atoms. The average molecular weight is 296 g/mol. The van der Waals surface area contributed by atoms with E-state index in [9.17, 15) is 9.59 Å². The van der Waals surface area contributed by atoms with Crippen LogP contribution in [-0.2, 0) is 4.79 Å². The maximum absolute atomic E-state index is 12.5. The highest BCUT2D eigenvalue weighted by Crippen LogP contribution is 2.34. The van der Waals surface area contributed by atoms with Gasteiger partial charge in [-0.2, -0.15) is 0 Å². The summed E-state index contributed by atoms with van der Waals surface area (Å²) in [6.45, 7) is 9.84. The first kappa shape index (κ1) is 16.1. The molecule has 1 N–H and O–H groups in total. The summed E-state index contributed by atoms with van der Waals surface area (Å²) in [5.41, 5.74) is 0.253. The molecule has 2 fully saturated rings. The quantitative estimate of drug-likeness (QED) is 0.852. The lowest BCUT2D eigenvalue weighted by Gasteiger charge is -2.34. The number of carbonyl (C=O) groups excluding carboxylic acids is 1. The number of carboxylic acids is 1. The maximum Gasteiger partial charge on any atom is 0.320 e. The Hall–Kier alpha value is -1.26. The third-order valence-corrected chi connectivity index (χ3v) is 5.03. The first-order chi connectivity index (χ1) is 9.77. The smallest absolute Gasteiger partial charge is 0.320 e. The zero-order valence-electron chi connectivity index (χ0n) is 13.5. The third kappa shape index (κ3) is 4.11. The Balaban J connectivity index is 1.82. The van der Waals surface area contributed by atoms with Gasteiger partial charge in [-0.15, -0.1) is 0 Å². The maximum atomic E-state index is 12.5. The minimum absolute atomic E-state index is 0.149. The molecule has 5 nitrogen and oxygen atoms in total. The summed E-state index contributed by atoms with van der Waals surface area (Å²) < 4.78 is 0. The average Bonchev–Trinajstić information content (AvgIpc) is 2.87. The summed E-state index contributed by atoms with van der Waals surface area (Å²) in [5, 5.41) is 8.83. The fourth-order valence-corrected chi connectivity index (χ4v) is 3.42. The van der Waals surface area contributed by atoms with E-state index in [-0.39, 0.29) is 23.8 Å². The monoisotopic (exact) mass is 296 g/mol. The lowest BCUT2D eigenvalue weighted by atomic mass is 9.80. The highest BCUT2D eigenvalue weighted by atomic mass is 16.4. The van der Waals surface area contributed by atoms with Crippen molar-refractivity contribution < 1.29 is 14.7 Å². The Morgan fingerprint density at radius 3 is 2.10 bits per heavy atom. The second kappa shape index (κ2) is 6.24. The Kier molecular flexibility index (Phi) is 4.79. The summed E-state index contributed by atoms with van der Waals surface area (Å²) >= 11 is 0.